The maximum Gasteiger partial charge on any atom is 0.256 e. The number of carbonyl (C=O) groups is 2. The zero-order chi connectivity index (χ0) is 18.8. The molecule has 27 heavy (non-hydrogen) atoms. The van der Waals surface area contributed by atoms with Gasteiger partial charge in [0.25, 0.3) is 5.91 Å². The molecule has 0 atom stereocenters. The number of thiazole rings is 1. The van der Waals surface area contributed by atoms with Gasteiger partial charge in [-0.1, -0.05) is 0 Å². The molecule has 2 amide bonds. The lowest BCUT2D eigenvalue weighted by Crippen LogP contribution is -2.40. The van der Waals surface area contributed by atoms with Crippen LogP contribution in [0.2, 0.25) is 0 Å². The molecule has 1 fully saturated rings. The number of hydrogen-bond acceptors (Lipinski definition) is 5. The molecule has 0 spiro atoms. The Balaban J connectivity index is 1.28. The Labute approximate surface area is 160 Å². The van der Waals surface area contributed by atoms with Crippen LogP contribution in [0.5, 0.6) is 0 Å². The van der Waals surface area contributed by atoms with Crippen LogP contribution in [0.1, 0.15) is 41.7 Å². The van der Waals surface area contributed by atoms with Gasteiger partial charge in [0.2, 0.25) is 5.91 Å². The molecule has 3 aromatic rings. The molecule has 3 heterocycles. The van der Waals surface area contributed by atoms with Gasteiger partial charge >= 0.3 is 0 Å². The van der Waals surface area contributed by atoms with Crippen molar-refractivity contribution in [2.45, 2.75) is 38.3 Å². The lowest BCUT2D eigenvalue weighted by molar-refractivity contribution is -0.126. The summed E-state index contributed by atoms with van der Waals surface area (Å²) in [6.07, 6.45) is 8.46. The molecule has 8 nitrogen and oxygen atoms in total. The zero-order valence-electron chi connectivity index (χ0n) is 15.1. The highest BCUT2D eigenvalue weighted by molar-refractivity contribution is 7.07. The Bertz CT molecular complexity index is 937. The number of imidazole rings is 1. The Morgan fingerprint density at radius 3 is 2.81 bits per heavy atom. The largest absolute Gasteiger partial charge is 0.350 e. The van der Waals surface area contributed by atoms with Gasteiger partial charge in [0.05, 0.1) is 23.9 Å². The SMILES string of the molecule is Cn1ccn2ncc(C(=O)NC3CCC(C(=O)NCc4cscn4)CC3)c12. The van der Waals surface area contributed by atoms with E-state index in [9.17, 15) is 9.59 Å². The Kier molecular flexibility index (Phi) is 4.93. The quantitative estimate of drug-likeness (QED) is 0.698. The summed E-state index contributed by atoms with van der Waals surface area (Å²) in [4.78, 5) is 29.1. The van der Waals surface area contributed by atoms with Crippen LogP contribution < -0.4 is 10.6 Å². The van der Waals surface area contributed by atoms with Crippen molar-refractivity contribution >= 4 is 28.8 Å². The molecule has 1 saturated carbocycles. The summed E-state index contributed by atoms with van der Waals surface area (Å²) in [7, 11) is 1.89. The van der Waals surface area contributed by atoms with E-state index in [2.05, 4.69) is 20.7 Å². The van der Waals surface area contributed by atoms with Crippen molar-refractivity contribution in [3.63, 3.8) is 0 Å². The molecule has 0 bridgehead atoms. The second-order valence-electron chi connectivity index (χ2n) is 6.96. The molecule has 0 radical (unpaired) electrons. The summed E-state index contributed by atoms with van der Waals surface area (Å²) in [6, 6.07) is 0.0929. The van der Waals surface area contributed by atoms with E-state index in [0.717, 1.165) is 37.0 Å². The first-order valence-corrected chi connectivity index (χ1v) is 10.0. The summed E-state index contributed by atoms with van der Waals surface area (Å²) in [6.45, 7) is 0.479. The van der Waals surface area contributed by atoms with E-state index in [1.165, 1.54) is 11.3 Å². The van der Waals surface area contributed by atoms with Crippen LogP contribution >= 0.6 is 11.3 Å². The van der Waals surface area contributed by atoms with Crippen molar-refractivity contribution in [1.29, 1.82) is 0 Å². The van der Waals surface area contributed by atoms with E-state index in [1.54, 1.807) is 16.2 Å². The normalized spacial score (nSPS) is 19.9. The topological polar surface area (TPSA) is 93.3 Å². The highest BCUT2D eigenvalue weighted by atomic mass is 32.1. The van der Waals surface area contributed by atoms with E-state index in [0.29, 0.717) is 12.1 Å². The second-order valence-corrected chi connectivity index (χ2v) is 7.67. The highest BCUT2D eigenvalue weighted by Crippen LogP contribution is 2.25. The lowest BCUT2D eigenvalue weighted by atomic mass is 9.85. The van der Waals surface area contributed by atoms with E-state index in [-0.39, 0.29) is 23.8 Å². The molecule has 3 aromatic heterocycles. The van der Waals surface area contributed by atoms with Crippen molar-refractivity contribution in [2.24, 2.45) is 13.0 Å². The fraction of sp³-hybridized carbons (Fsp3) is 0.444. The summed E-state index contributed by atoms with van der Waals surface area (Å²) in [5, 5.41) is 12.2. The molecule has 0 aliphatic heterocycles. The number of nitrogens with one attached hydrogen (secondary N) is 2. The Morgan fingerprint density at radius 1 is 1.26 bits per heavy atom. The molecule has 1 aliphatic rings. The van der Waals surface area contributed by atoms with Gasteiger partial charge in [-0.3, -0.25) is 9.59 Å². The molecule has 4 rings (SSSR count). The minimum absolute atomic E-state index is 0.00696. The van der Waals surface area contributed by atoms with Gasteiger partial charge in [-0.15, -0.1) is 11.3 Å². The Morgan fingerprint density at radius 2 is 2.07 bits per heavy atom. The highest BCUT2D eigenvalue weighted by Gasteiger charge is 2.28. The summed E-state index contributed by atoms with van der Waals surface area (Å²) < 4.78 is 3.57. The molecule has 0 aromatic carbocycles. The lowest BCUT2D eigenvalue weighted by Gasteiger charge is -2.28. The molecule has 0 saturated heterocycles. The van der Waals surface area contributed by atoms with Crippen molar-refractivity contribution < 1.29 is 9.59 Å². The number of amides is 2. The summed E-state index contributed by atoms with van der Waals surface area (Å²) in [5.41, 5.74) is 4.01. The molecule has 1 aliphatic carbocycles. The summed E-state index contributed by atoms with van der Waals surface area (Å²) in [5.74, 6) is -0.0225. The zero-order valence-corrected chi connectivity index (χ0v) is 15.9. The average Bonchev–Trinajstić information content (AvgIpc) is 3.40. The van der Waals surface area contributed by atoms with Crippen molar-refractivity contribution in [2.75, 3.05) is 0 Å². The van der Waals surface area contributed by atoms with Crippen LogP contribution in [0, 0.1) is 5.92 Å². The number of carbonyl (C=O) groups excluding carboxylic acids is 2. The van der Waals surface area contributed by atoms with Gasteiger partial charge in [0, 0.05) is 36.8 Å². The average molecular weight is 386 g/mol. The Hall–Kier alpha value is -2.68. The maximum atomic E-state index is 12.6. The van der Waals surface area contributed by atoms with Crippen LogP contribution in [-0.4, -0.2) is 37.0 Å². The first-order valence-electron chi connectivity index (χ1n) is 9.06. The van der Waals surface area contributed by atoms with Crippen molar-refractivity contribution in [3.8, 4) is 0 Å². The number of aryl methyl sites for hydroxylation is 1. The minimum atomic E-state index is -0.108. The monoisotopic (exact) mass is 386 g/mol. The summed E-state index contributed by atoms with van der Waals surface area (Å²) >= 11 is 1.52. The van der Waals surface area contributed by atoms with Crippen LogP contribution in [0.15, 0.2) is 29.5 Å². The molecular weight excluding hydrogens is 364 g/mol. The number of aromatic nitrogens is 4. The van der Waals surface area contributed by atoms with Gasteiger partial charge in [-0.05, 0) is 25.7 Å². The third-order valence-corrected chi connectivity index (χ3v) is 5.78. The fourth-order valence-corrected chi connectivity index (χ4v) is 4.18. The van der Waals surface area contributed by atoms with E-state index in [4.69, 9.17) is 0 Å². The van der Waals surface area contributed by atoms with Crippen LogP contribution in [0.3, 0.4) is 0 Å². The second kappa shape index (κ2) is 7.51. The predicted octanol–water partition coefficient (Wildman–Crippen LogP) is 1.73. The van der Waals surface area contributed by atoms with Gasteiger partial charge in [0.15, 0.2) is 0 Å². The third kappa shape index (κ3) is 3.73. The smallest absolute Gasteiger partial charge is 0.256 e. The number of rotatable bonds is 5. The fourth-order valence-electron chi connectivity index (χ4n) is 3.62. The molecule has 2 N–H and O–H groups in total. The van der Waals surface area contributed by atoms with Gasteiger partial charge in [0.1, 0.15) is 11.2 Å². The van der Waals surface area contributed by atoms with Crippen molar-refractivity contribution in [3.05, 3.63) is 40.7 Å². The van der Waals surface area contributed by atoms with Crippen LogP contribution in [0.25, 0.3) is 5.65 Å². The molecule has 0 unspecified atom stereocenters. The van der Waals surface area contributed by atoms with Gasteiger partial charge < -0.3 is 15.2 Å². The molecule has 142 valence electrons. The number of nitrogens with zero attached hydrogens (tertiary/aromatic N) is 4. The standard InChI is InChI=1S/C18H22N6O2S/c1-23-6-7-24-18(23)15(9-21-24)17(26)22-13-4-2-12(3-5-13)16(25)19-8-14-10-27-11-20-14/h6-7,9-13H,2-5,8H2,1H3,(H,19,25)(H,22,26). The number of fused-ring (bicyclic) bond motifs is 1. The van der Waals surface area contributed by atoms with Gasteiger partial charge in [-0.25, -0.2) is 9.50 Å². The molecule has 9 heteroatoms. The number of hydrogen-bond donors (Lipinski definition) is 2. The first-order chi connectivity index (χ1) is 13.1. The minimum Gasteiger partial charge on any atom is -0.350 e. The molecular formula is C18H22N6O2S. The predicted molar refractivity (Wildman–Crippen MR) is 101 cm³/mol. The van der Waals surface area contributed by atoms with E-state index < -0.39 is 0 Å². The van der Waals surface area contributed by atoms with Crippen molar-refractivity contribution in [1.82, 2.24) is 29.8 Å². The third-order valence-electron chi connectivity index (χ3n) is 5.14. The van der Waals surface area contributed by atoms with Crippen LogP contribution in [0.4, 0.5) is 0 Å². The maximum absolute atomic E-state index is 12.6. The first kappa shape index (κ1) is 17.7. The van der Waals surface area contributed by atoms with Crippen LogP contribution in [-0.2, 0) is 18.4 Å². The van der Waals surface area contributed by atoms with Gasteiger partial charge in [-0.2, -0.15) is 5.10 Å². The van der Waals surface area contributed by atoms with E-state index in [1.807, 2.05) is 29.4 Å². The van der Waals surface area contributed by atoms with E-state index >= 15 is 0 Å².